The Morgan fingerprint density at radius 3 is 2.17 bits per heavy atom. The van der Waals surface area contributed by atoms with Crippen molar-refractivity contribution in [1.82, 2.24) is 0 Å². The lowest BCUT2D eigenvalue weighted by Crippen LogP contribution is -1.96. The molecule has 0 fully saturated rings. The molecule has 0 radical (unpaired) electrons. The van der Waals surface area contributed by atoms with Gasteiger partial charge in [0, 0.05) is 0 Å². The predicted octanol–water partition coefficient (Wildman–Crippen LogP) is 4.28. The SMILES string of the molecule is Cc1ccc(S(=O)(=O)O)cc1.N#CCc1ccc(OCc2ccccc2)c(O)c1. The first-order valence-corrected chi connectivity index (χ1v) is 10.1. The van der Waals surface area contributed by atoms with E-state index >= 15 is 0 Å². The maximum Gasteiger partial charge on any atom is 0.294 e. The number of ether oxygens (including phenoxy) is 1. The van der Waals surface area contributed by atoms with E-state index in [1.165, 1.54) is 12.1 Å². The smallest absolute Gasteiger partial charge is 0.294 e. The molecule has 0 saturated heterocycles. The third kappa shape index (κ3) is 7.30. The molecule has 0 saturated carbocycles. The van der Waals surface area contributed by atoms with Crippen molar-refractivity contribution in [2.45, 2.75) is 24.8 Å². The monoisotopic (exact) mass is 411 g/mol. The number of aryl methyl sites for hydroxylation is 1. The molecule has 0 aromatic heterocycles. The van der Waals surface area contributed by atoms with Crippen molar-refractivity contribution in [2.75, 3.05) is 0 Å². The second-order valence-corrected chi connectivity index (χ2v) is 7.62. The van der Waals surface area contributed by atoms with Gasteiger partial charge in [-0.05, 0) is 42.3 Å². The number of benzene rings is 3. The summed E-state index contributed by atoms with van der Waals surface area (Å²) in [5, 5.41) is 18.3. The molecule has 0 bridgehead atoms. The maximum absolute atomic E-state index is 10.5. The molecule has 3 rings (SSSR count). The highest BCUT2D eigenvalue weighted by atomic mass is 32.2. The Kier molecular flexibility index (Phi) is 7.78. The van der Waals surface area contributed by atoms with E-state index in [1.807, 2.05) is 43.3 Å². The Balaban J connectivity index is 0.000000234. The molecule has 0 atom stereocenters. The lowest BCUT2D eigenvalue weighted by atomic mass is 10.1. The van der Waals surface area contributed by atoms with Crippen LogP contribution in [0.3, 0.4) is 0 Å². The van der Waals surface area contributed by atoms with Crippen molar-refractivity contribution < 1.29 is 22.8 Å². The van der Waals surface area contributed by atoms with Crippen LogP contribution in [0.15, 0.2) is 77.7 Å². The highest BCUT2D eigenvalue weighted by molar-refractivity contribution is 7.85. The first kappa shape index (κ1) is 22.0. The van der Waals surface area contributed by atoms with E-state index in [9.17, 15) is 13.5 Å². The molecule has 0 aliphatic carbocycles. The average Bonchev–Trinajstić information content (AvgIpc) is 2.69. The van der Waals surface area contributed by atoms with E-state index in [4.69, 9.17) is 14.6 Å². The van der Waals surface area contributed by atoms with Crippen LogP contribution in [0.5, 0.6) is 11.5 Å². The van der Waals surface area contributed by atoms with Crippen LogP contribution in [0.25, 0.3) is 0 Å². The molecule has 0 aliphatic heterocycles. The second-order valence-electron chi connectivity index (χ2n) is 6.20. The van der Waals surface area contributed by atoms with E-state index in [2.05, 4.69) is 0 Å². The zero-order valence-corrected chi connectivity index (χ0v) is 16.6. The van der Waals surface area contributed by atoms with Crippen LogP contribution in [0, 0.1) is 18.3 Å². The van der Waals surface area contributed by atoms with E-state index < -0.39 is 10.1 Å². The Bertz CT molecular complexity index is 1070. The average molecular weight is 411 g/mol. The number of phenolic OH excluding ortho intramolecular Hbond substituents is 1. The highest BCUT2D eigenvalue weighted by Gasteiger charge is 2.07. The van der Waals surface area contributed by atoms with E-state index in [1.54, 1.807) is 30.3 Å². The Morgan fingerprint density at radius 2 is 1.62 bits per heavy atom. The maximum atomic E-state index is 10.5. The van der Waals surface area contributed by atoms with Gasteiger partial charge in [0.2, 0.25) is 0 Å². The van der Waals surface area contributed by atoms with Gasteiger partial charge in [-0.2, -0.15) is 13.7 Å². The van der Waals surface area contributed by atoms with Crippen LogP contribution >= 0.6 is 0 Å². The number of hydrogen-bond donors (Lipinski definition) is 2. The van der Waals surface area contributed by atoms with Gasteiger partial charge in [-0.3, -0.25) is 4.55 Å². The van der Waals surface area contributed by atoms with Crippen LogP contribution in [-0.4, -0.2) is 18.1 Å². The fourth-order valence-corrected chi connectivity index (χ4v) is 2.81. The molecule has 0 aliphatic rings. The fraction of sp³-hybridized carbons (Fsp3) is 0.136. The number of hydrogen-bond acceptors (Lipinski definition) is 5. The van der Waals surface area contributed by atoms with Crippen molar-refractivity contribution >= 4 is 10.1 Å². The lowest BCUT2D eigenvalue weighted by Gasteiger charge is -2.08. The minimum Gasteiger partial charge on any atom is -0.504 e. The van der Waals surface area contributed by atoms with Gasteiger partial charge in [0.15, 0.2) is 11.5 Å². The second kappa shape index (κ2) is 10.3. The van der Waals surface area contributed by atoms with E-state index in [-0.39, 0.29) is 17.1 Å². The summed E-state index contributed by atoms with van der Waals surface area (Å²) in [5.74, 6) is 0.499. The molecule has 0 spiro atoms. The summed E-state index contributed by atoms with van der Waals surface area (Å²) in [6.45, 7) is 2.25. The van der Waals surface area contributed by atoms with Gasteiger partial charge in [-0.15, -0.1) is 0 Å². The lowest BCUT2D eigenvalue weighted by molar-refractivity contribution is 0.289. The van der Waals surface area contributed by atoms with Crippen LogP contribution in [-0.2, 0) is 23.1 Å². The van der Waals surface area contributed by atoms with Crippen LogP contribution < -0.4 is 4.74 Å². The molecule has 3 aromatic carbocycles. The van der Waals surface area contributed by atoms with E-state index in [0.29, 0.717) is 12.4 Å². The fourth-order valence-electron chi connectivity index (χ4n) is 2.33. The molecule has 6 nitrogen and oxygen atoms in total. The Morgan fingerprint density at radius 1 is 0.966 bits per heavy atom. The van der Waals surface area contributed by atoms with Crippen molar-refractivity contribution in [3.05, 3.63) is 89.5 Å². The normalized spacial score (nSPS) is 10.4. The van der Waals surface area contributed by atoms with Crippen LogP contribution in [0.2, 0.25) is 0 Å². The summed E-state index contributed by atoms with van der Waals surface area (Å²) in [5.41, 5.74) is 2.78. The van der Waals surface area contributed by atoms with Crippen LogP contribution in [0.4, 0.5) is 0 Å². The zero-order valence-electron chi connectivity index (χ0n) is 15.8. The number of phenols is 1. The molecule has 150 valence electrons. The summed E-state index contributed by atoms with van der Waals surface area (Å²) < 4.78 is 35.1. The van der Waals surface area contributed by atoms with Gasteiger partial charge in [-0.1, -0.05) is 54.1 Å². The first-order valence-electron chi connectivity index (χ1n) is 8.69. The molecule has 2 N–H and O–H groups in total. The summed E-state index contributed by atoms with van der Waals surface area (Å²) in [7, 11) is -4.02. The van der Waals surface area contributed by atoms with Crippen LogP contribution in [0.1, 0.15) is 16.7 Å². The first-order chi connectivity index (χ1) is 13.8. The minimum absolute atomic E-state index is 0.0666. The van der Waals surface area contributed by atoms with Gasteiger partial charge in [0.05, 0.1) is 17.4 Å². The van der Waals surface area contributed by atoms with Gasteiger partial charge in [-0.25, -0.2) is 0 Å². The van der Waals surface area contributed by atoms with Crippen molar-refractivity contribution in [2.24, 2.45) is 0 Å². The van der Waals surface area contributed by atoms with Gasteiger partial charge >= 0.3 is 0 Å². The van der Waals surface area contributed by atoms with Crippen molar-refractivity contribution in [3.8, 4) is 17.6 Å². The number of nitriles is 1. The van der Waals surface area contributed by atoms with Gasteiger partial charge in [0.1, 0.15) is 6.61 Å². The summed E-state index contributed by atoms with van der Waals surface area (Å²) in [6.07, 6.45) is 0.284. The number of aromatic hydroxyl groups is 1. The molecular formula is C22H21NO5S. The summed E-state index contributed by atoms with van der Waals surface area (Å²) in [6, 6.07) is 22.8. The Hall–Kier alpha value is -3.34. The number of nitrogens with zero attached hydrogens (tertiary/aromatic N) is 1. The topological polar surface area (TPSA) is 108 Å². The van der Waals surface area contributed by atoms with Crippen molar-refractivity contribution in [1.29, 1.82) is 5.26 Å². The van der Waals surface area contributed by atoms with Gasteiger partial charge < -0.3 is 9.84 Å². The summed E-state index contributed by atoms with van der Waals surface area (Å²) in [4.78, 5) is -0.0666. The highest BCUT2D eigenvalue weighted by Crippen LogP contribution is 2.27. The molecular weight excluding hydrogens is 390 g/mol. The molecule has 0 heterocycles. The predicted molar refractivity (Wildman–Crippen MR) is 109 cm³/mol. The van der Waals surface area contributed by atoms with Gasteiger partial charge in [0.25, 0.3) is 10.1 Å². The largest absolute Gasteiger partial charge is 0.504 e. The zero-order chi connectivity index (χ0) is 21.3. The molecule has 0 unspecified atom stereocenters. The molecule has 3 aromatic rings. The molecule has 29 heavy (non-hydrogen) atoms. The standard InChI is InChI=1S/C15H13NO2.C7H8O3S/c16-9-8-12-6-7-15(14(17)10-12)18-11-13-4-2-1-3-5-13;1-6-2-4-7(5-3-6)11(8,9)10/h1-7,10,17H,8,11H2;2-5H,1H3,(H,8,9,10). The molecule has 7 heteroatoms. The van der Waals surface area contributed by atoms with E-state index in [0.717, 1.165) is 16.7 Å². The van der Waals surface area contributed by atoms with Crippen molar-refractivity contribution in [3.63, 3.8) is 0 Å². The third-order valence-corrected chi connectivity index (χ3v) is 4.73. The Labute approximate surface area is 170 Å². The molecule has 0 amide bonds. The quantitative estimate of drug-likeness (QED) is 0.607. The number of rotatable bonds is 5. The minimum atomic E-state index is -4.02. The summed E-state index contributed by atoms with van der Waals surface area (Å²) >= 11 is 0. The third-order valence-electron chi connectivity index (χ3n) is 3.86.